The third kappa shape index (κ3) is 8.77. The van der Waals surface area contributed by atoms with Gasteiger partial charge in [-0.15, -0.1) is 0 Å². The van der Waals surface area contributed by atoms with E-state index < -0.39 is 27.6 Å². The molecule has 0 spiro atoms. The zero-order chi connectivity index (χ0) is 18.7. The Morgan fingerprint density at radius 2 is 1.64 bits per heavy atom. The summed E-state index contributed by atoms with van der Waals surface area (Å²) in [5.41, 5.74) is 1.55. The van der Waals surface area contributed by atoms with Crippen molar-refractivity contribution in [2.24, 2.45) is 0 Å². The summed E-state index contributed by atoms with van der Waals surface area (Å²) < 4.78 is 30.0. The average Bonchev–Trinajstić information content (AvgIpc) is 2.61. The molecule has 0 bridgehead atoms. The molecule has 6 heteroatoms. The maximum absolute atomic E-state index is 12.5. The number of rotatable bonds is 12. The van der Waals surface area contributed by atoms with Gasteiger partial charge in [-0.05, 0) is 31.9 Å². The van der Waals surface area contributed by atoms with Crippen LogP contribution in [0, 0.1) is 6.92 Å². The largest absolute Gasteiger partial charge is 0.461 e. The molecule has 142 valence electrons. The van der Waals surface area contributed by atoms with Gasteiger partial charge >= 0.3 is 5.97 Å². The summed E-state index contributed by atoms with van der Waals surface area (Å²) in [7, 11) is -2.15. The van der Waals surface area contributed by atoms with Crippen LogP contribution in [-0.4, -0.2) is 43.5 Å². The number of carbonyl (C=O) groups excluding carboxylic acids is 1. The molecular weight excluding hydrogens is 356 g/mol. The van der Waals surface area contributed by atoms with Gasteiger partial charge in [0.15, 0.2) is 0 Å². The Morgan fingerprint density at radius 3 is 2.24 bits per heavy atom. The van der Waals surface area contributed by atoms with Crippen molar-refractivity contribution in [2.75, 3.05) is 23.9 Å². The minimum absolute atomic E-state index is 0.0564. The quantitative estimate of drug-likeness (QED) is 0.515. The van der Waals surface area contributed by atoms with Crippen LogP contribution in [0.25, 0.3) is 0 Å². The summed E-state index contributed by atoms with van der Waals surface area (Å²) in [5, 5.41) is -0.362. The highest BCUT2D eigenvalue weighted by atomic mass is 32.2. The normalized spacial score (nSPS) is 14.7. The Hall–Kier alpha value is -1.01. The molecular formula is C19H30O4S2. The number of carbonyl (C=O) groups is 1. The lowest BCUT2D eigenvalue weighted by atomic mass is 10.1. The Morgan fingerprint density at radius 1 is 1.04 bits per heavy atom. The fourth-order valence-electron chi connectivity index (χ4n) is 2.19. The van der Waals surface area contributed by atoms with Crippen molar-refractivity contribution in [3.8, 4) is 0 Å². The summed E-state index contributed by atoms with van der Waals surface area (Å²) in [4.78, 5) is 12.2. The third-order valence-corrected chi connectivity index (χ3v) is 7.32. The van der Waals surface area contributed by atoms with Crippen LogP contribution >= 0.6 is 0 Å². The van der Waals surface area contributed by atoms with E-state index in [1.54, 1.807) is 12.1 Å². The van der Waals surface area contributed by atoms with E-state index in [1.807, 2.05) is 26.0 Å². The van der Waals surface area contributed by atoms with Gasteiger partial charge in [0.2, 0.25) is 0 Å². The van der Waals surface area contributed by atoms with Crippen LogP contribution in [0.4, 0.5) is 0 Å². The van der Waals surface area contributed by atoms with E-state index in [1.165, 1.54) is 0 Å². The lowest BCUT2D eigenvalue weighted by Crippen LogP contribution is -2.31. The molecule has 0 amide bonds. The van der Waals surface area contributed by atoms with E-state index in [2.05, 4.69) is 6.92 Å². The van der Waals surface area contributed by atoms with Crippen LogP contribution in [0.2, 0.25) is 0 Å². The topological polar surface area (TPSA) is 60.4 Å². The number of esters is 1. The van der Waals surface area contributed by atoms with Crippen molar-refractivity contribution >= 4 is 27.6 Å². The van der Waals surface area contributed by atoms with E-state index in [0.717, 1.165) is 31.2 Å². The third-order valence-electron chi connectivity index (χ3n) is 3.86. The van der Waals surface area contributed by atoms with Crippen molar-refractivity contribution in [2.45, 2.75) is 51.7 Å². The molecule has 0 saturated carbocycles. The van der Waals surface area contributed by atoms with Gasteiger partial charge in [0, 0.05) is 38.9 Å². The highest BCUT2D eigenvalue weighted by Crippen LogP contribution is 2.09. The predicted molar refractivity (Wildman–Crippen MR) is 106 cm³/mol. The van der Waals surface area contributed by atoms with Crippen LogP contribution in [0.5, 0.6) is 0 Å². The molecule has 0 fully saturated rings. The molecule has 4 nitrogen and oxygen atoms in total. The number of unbranched alkanes of at least 4 members (excludes halogenated alkanes) is 2. The number of ether oxygens (including phenoxy) is 1. The van der Waals surface area contributed by atoms with Crippen LogP contribution in [0.1, 0.15) is 55.5 Å². The van der Waals surface area contributed by atoms with Gasteiger partial charge in [-0.25, -0.2) is 4.79 Å². The monoisotopic (exact) mass is 386 g/mol. The molecule has 0 saturated heterocycles. The molecule has 0 unspecified atom stereocenters. The Bertz CT molecular complexity index is 569. The van der Waals surface area contributed by atoms with Gasteiger partial charge < -0.3 is 4.74 Å². The number of benzene rings is 1. The maximum atomic E-state index is 12.5. The molecule has 1 rings (SSSR count). The molecule has 0 heterocycles. The molecule has 1 aromatic rings. The first-order valence-electron chi connectivity index (χ1n) is 8.93. The predicted octanol–water partition coefficient (Wildman–Crippen LogP) is 3.62. The second-order valence-corrected chi connectivity index (χ2v) is 9.65. The van der Waals surface area contributed by atoms with E-state index in [0.29, 0.717) is 22.8 Å². The van der Waals surface area contributed by atoms with Gasteiger partial charge in [-0.3, -0.25) is 8.42 Å². The molecule has 1 aromatic carbocycles. The summed E-state index contributed by atoms with van der Waals surface area (Å²) in [6.45, 7) is 6.11. The van der Waals surface area contributed by atoms with E-state index in [9.17, 15) is 13.2 Å². The zero-order valence-corrected chi connectivity index (χ0v) is 17.1. The highest BCUT2D eigenvalue weighted by molar-refractivity contribution is 7.89. The Kier molecular flexibility index (Phi) is 10.9. The maximum Gasteiger partial charge on any atom is 0.338 e. The second kappa shape index (κ2) is 12.4. The SMILES string of the molecule is CCCC[S@@](=O)C[C@@H](COC(=O)c1ccc(C)cc1)[S@@](=O)CCCC. The van der Waals surface area contributed by atoms with Gasteiger partial charge in [0.25, 0.3) is 0 Å². The second-order valence-electron chi connectivity index (χ2n) is 6.19. The highest BCUT2D eigenvalue weighted by Gasteiger charge is 2.22. The number of aryl methyl sites for hydroxylation is 1. The first-order chi connectivity index (χ1) is 12.0. The minimum atomic E-state index is -1.13. The van der Waals surface area contributed by atoms with Crippen molar-refractivity contribution in [1.29, 1.82) is 0 Å². The fourth-order valence-corrected chi connectivity index (χ4v) is 5.67. The van der Waals surface area contributed by atoms with E-state index in [4.69, 9.17) is 4.74 Å². The van der Waals surface area contributed by atoms with Crippen molar-refractivity contribution in [1.82, 2.24) is 0 Å². The lowest BCUT2D eigenvalue weighted by Gasteiger charge is -2.16. The average molecular weight is 387 g/mol. The molecule has 3 atom stereocenters. The van der Waals surface area contributed by atoms with Crippen LogP contribution in [0.3, 0.4) is 0 Å². The smallest absolute Gasteiger partial charge is 0.338 e. The summed E-state index contributed by atoms with van der Waals surface area (Å²) in [5.74, 6) is 1.09. The van der Waals surface area contributed by atoms with E-state index >= 15 is 0 Å². The summed E-state index contributed by atoms with van der Waals surface area (Å²) >= 11 is 0. The van der Waals surface area contributed by atoms with Gasteiger partial charge in [-0.2, -0.15) is 0 Å². The summed E-state index contributed by atoms with van der Waals surface area (Å²) in [6, 6.07) is 7.15. The van der Waals surface area contributed by atoms with Crippen molar-refractivity contribution in [3.63, 3.8) is 0 Å². The molecule has 0 aliphatic heterocycles. The minimum Gasteiger partial charge on any atom is -0.461 e. The number of hydrogen-bond acceptors (Lipinski definition) is 4. The zero-order valence-electron chi connectivity index (χ0n) is 15.5. The van der Waals surface area contributed by atoms with Crippen molar-refractivity contribution in [3.05, 3.63) is 35.4 Å². The fraction of sp³-hybridized carbons (Fsp3) is 0.632. The standard InChI is InChI=1S/C19H30O4S2/c1-4-6-12-24(21)15-18(25(22)13-7-5-2)14-23-19(20)17-10-8-16(3)9-11-17/h8-11,18H,4-7,12-15H2,1-3H3/t18-,24-,25+/m1/s1. The lowest BCUT2D eigenvalue weighted by molar-refractivity contribution is 0.0510. The van der Waals surface area contributed by atoms with Crippen LogP contribution in [0.15, 0.2) is 24.3 Å². The molecule has 0 N–H and O–H groups in total. The van der Waals surface area contributed by atoms with Gasteiger partial charge in [0.1, 0.15) is 6.61 Å². The molecule has 0 aliphatic rings. The van der Waals surface area contributed by atoms with Gasteiger partial charge in [-0.1, -0.05) is 44.4 Å². The molecule has 25 heavy (non-hydrogen) atoms. The molecule has 0 aromatic heterocycles. The van der Waals surface area contributed by atoms with Gasteiger partial charge in [0.05, 0.1) is 10.8 Å². The first kappa shape index (κ1) is 22.0. The number of hydrogen-bond donors (Lipinski definition) is 0. The molecule has 0 radical (unpaired) electrons. The Balaban J connectivity index is 2.64. The van der Waals surface area contributed by atoms with Crippen LogP contribution in [-0.2, 0) is 26.3 Å². The van der Waals surface area contributed by atoms with E-state index in [-0.39, 0.29) is 11.9 Å². The first-order valence-corrected chi connectivity index (χ1v) is 11.8. The molecule has 0 aliphatic carbocycles. The Labute approximate surface area is 156 Å². The summed E-state index contributed by atoms with van der Waals surface area (Å²) in [6.07, 6.45) is 3.69. The van der Waals surface area contributed by atoms with Crippen molar-refractivity contribution < 1.29 is 17.9 Å². The van der Waals surface area contributed by atoms with Crippen LogP contribution < -0.4 is 0 Å².